The van der Waals surface area contributed by atoms with Gasteiger partial charge in [0.25, 0.3) is 0 Å². The highest BCUT2D eigenvalue weighted by molar-refractivity contribution is 6.03. The number of rotatable bonds is 6. The fourth-order valence-corrected chi connectivity index (χ4v) is 3.62. The Hall–Kier alpha value is -3.70. The van der Waals surface area contributed by atoms with Crippen LogP contribution in [0.3, 0.4) is 0 Å². The number of phenolic OH excluding ortho intramolecular Hbond substituents is 1. The summed E-state index contributed by atoms with van der Waals surface area (Å²) in [5.41, 5.74) is 6.32. The third-order valence-corrected chi connectivity index (χ3v) is 4.98. The Labute approximate surface area is 195 Å². The van der Waals surface area contributed by atoms with Gasteiger partial charge < -0.3 is 14.9 Å². The highest BCUT2D eigenvalue weighted by Crippen LogP contribution is 2.37. The second-order valence-corrected chi connectivity index (χ2v) is 7.32. The Balaban J connectivity index is 0.00000122. The lowest BCUT2D eigenvalue weighted by molar-refractivity contribution is 0.101. The smallest absolute Gasteiger partial charge is 0.164 e. The summed E-state index contributed by atoms with van der Waals surface area (Å²) in [6.45, 7) is 11.2. The summed E-state index contributed by atoms with van der Waals surface area (Å²) in [5.74, 6) is 0.587. The normalized spacial score (nSPS) is 10.5. The minimum Gasteiger partial charge on any atom is -0.508 e. The van der Waals surface area contributed by atoms with Gasteiger partial charge in [0.15, 0.2) is 11.5 Å². The van der Waals surface area contributed by atoms with Crippen LogP contribution in [0.15, 0.2) is 55.1 Å². The number of hydrogen-bond donors (Lipinski definition) is 2. The standard InChI is InChI=1S/C26H25NO3.C2H6O/c1-6-8-23-21(7-2)24(17(4)28)26(30-5)25(27-23)19-11-9-18(10-12-19)22-14-13-20(29)15-16(22)3;1-2-3/h6-15,29H,2H2,1,3-5H3;3H,2H2,1H3/b8-6-;. The molecule has 0 aliphatic rings. The van der Waals surface area contributed by atoms with Crippen molar-refractivity contribution in [3.63, 3.8) is 0 Å². The fraction of sp³-hybridized carbons (Fsp3) is 0.214. The number of methoxy groups -OCH3 is 1. The number of ether oxygens (including phenoxy) is 1. The van der Waals surface area contributed by atoms with Gasteiger partial charge in [-0.05, 0) is 62.6 Å². The van der Waals surface area contributed by atoms with Crippen LogP contribution in [0.2, 0.25) is 0 Å². The molecule has 5 heteroatoms. The van der Waals surface area contributed by atoms with E-state index >= 15 is 0 Å². The van der Waals surface area contributed by atoms with E-state index in [0.29, 0.717) is 28.3 Å². The lowest BCUT2D eigenvalue weighted by Gasteiger charge is -2.17. The zero-order chi connectivity index (χ0) is 24.5. The molecule has 0 amide bonds. The Bertz CT molecular complexity index is 1160. The van der Waals surface area contributed by atoms with Crippen LogP contribution in [0, 0.1) is 6.92 Å². The molecule has 0 atom stereocenters. The summed E-state index contributed by atoms with van der Waals surface area (Å²) in [6, 6.07) is 13.2. The number of nitrogens with zero attached hydrogens (tertiary/aromatic N) is 1. The number of aliphatic hydroxyl groups is 1. The lowest BCUT2D eigenvalue weighted by Crippen LogP contribution is -2.07. The van der Waals surface area contributed by atoms with Crippen LogP contribution in [-0.2, 0) is 0 Å². The van der Waals surface area contributed by atoms with Gasteiger partial charge >= 0.3 is 0 Å². The molecule has 0 aliphatic carbocycles. The summed E-state index contributed by atoms with van der Waals surface area (Å²) < 4.78 is 5.63. The van der Waals surface area contributed by atoms with Crippen molar-refractivity contribution >= 4 is 17.9 Å². The minimum absolute atomic E-state index is 0.104. The molecule has 0 aliphatic heterocycles. The van der Waals surface area contributed by atoms with Gasteiger partial charge in [-0.25, -0.2) is 4.98 Å². The number of benzene rings is 2. The summed E-state index contributed by atoms with van der Waals surface area (Å²) >= 11 is 0. The van der Waals surface area contributed by atoms with Crippen molar-refractivity contribution in [3.8, 4) is 33.9 Å². The first-order valence-corrected chi connectivity index (χ1v) is 10.7. The van der Waals surface area contributed by atoms with Crippen molar-refractivity contribution in [2.75, 3.05) is 13.7 Å². The van der Waals surface area contributed by atoms with Gasteiger partial charge in [-0.1, -0.05) is 49.1 Å². The Morgan fingerprint density at radius 3 is 2.24 bits per heavy atom. The number of ketones is 1. The zero-order valence-corrected chi connectivity index (χ0v) is 19.8. The van der Waals surface area contributed by atoms with Crippen LogP contribution in [-0.4, -0.2) is 34.7 Å². The van der Waals surface area contributed by atoms with Crippen molar-refractivity contribution < 1.29 is 19.7 Å². The molecule has 172 valence electrons. The molecular weight excluding hydrogens is 414 g/mol. The molecule has 2 aromatic carbocycles. The highest BCUT2D eigenvalue weighted by Gasteiger charge is 2.22. The largest absolute Gasteiger partial charge is 0.508 e. The van der Waals surface area contributed by atoms with E-state index in [-0.39, 0.29) is 18.1 Å². The second-order valence-electron chi connectivity index (χ2n) is 7.32. The van der Waals surface area contributed by atoms with Gasteiger partial charge in [-0.15, -0.1) is 0 Å². The number of phenols is 1. The van der Waals surface area contributed by atoms with Crippen molar-refractivity contribution in [2.24, 2.45) is 0 Å². The monoisotopic (exact) mass is 445 g/mol. The van der Waals surface area contributed by atoms with E-state index in [4.69, 9.17) is 14.8 Å². The summed E-state index contributed by atoms with van der Waals surface area (Å²) in [4.78, 5) is 17.2. The van der Waals surface area contributed by atoms with Gasteiger partial charge in [0.1, 0.15) is 11.4 Å². The van der Waals surface area contributed by atoms with E-state index in [1.165, 1.54) is 6.92 Å². The average Bonchev–Trinajstić information content (AvgIpc) is 2.79. The topological polar surface area (TPSA) is 79.7 Å². The average molecular weight is 446 g/mol. The summed E-state index contributed by atoms with van der Waals surface area (Å²) in [6.07, 6.45) is 5.38. The molecule has 3 rings (SSSR count). The first-order valence-electron chi connectivity index (χ1n) is 10.7. The van der Waals surface area contributed by atoms with Crippen LogP contribution in [0.1, 0.15) is 48.0 Å². The van der Waals surface area contributed by atoms with E-state index in [0.717, 1.165) is 22.3 Å². The molecule has 5 nitrogen and oxygen atoms in total. The van der Waals surface area contributed by atoms with Crippen LogP contribution in [0.4, 0.5) is 0 Å². The molecular formula is C28H31NO4. The number of carbonyl (C=O) groups is 1. The second kappa shape index (κ2) is 11.8. The summed E-state index contributed by atoms with van der Waals surface area (Å²) in [7, 11) is 1.54. The Morgan fingerprint density at radius 1 is 1.15 bits per heavy atom. The molecule has 0 unspecified atom stereocenters. The van der Waals surface area contributed by atoms with Crippen molar-refractivity contribution in [1.82, 2.24) is 4.98 Å². The van der Waals surface area contributed by atoms with Gasteiger partial charge in [-0.3, -0.25) is 4.79 Å². The molecule has 3 aromatic rings. The molecule has 2 N–H and O–H groups in total. The van der Waals surface area contributed by atoms with Crippen LogP contribution < -0.4 is 4.74 Å². The van der Waals surface area contributed by atoms with Crippen molar-refractivity contribution in [3.05, 3.63) is 77.5 Å². The third-order valence-electron chi connectivity index (χ3n) is 4.98. The number of carbonyl (C=O) groups excluding carboxylic acids is 1. The van der Waals surface area contributed by atoms with Crippen molar-refractivity contribution in [1.29, 1.82) is 0 Å². The van der Waals surface area contributed by atoms with Crippen LogP contribution in [0.25, 0.3) is 34.5 Å². The van der Waals surface area contributed by atoms with E-state index in [1.54, 1.807) is 32.2 Å². The number of aromatic nitrogens is 1. The van der Waals surface area contributed by atoms with E-state index in [2.05, 4.69) is 6.58 Å². The molecule has 0 saturated heterocycles. The summed E-state index contributed by atoms with van der Waals surface area (Å²) in [5, 5.41) is 17.2. The predicted octanol–water partition coefficient (Wildman–Crippen LogP) is 6.32. The Kier molecular flexibility index (Phi) is 9.13. The maximum Gasteiger partial charge on any atom is 0.164 e. The zero-order valence-electron chi connectivity index (χ0n) is 19.8. The number of Topliss-reactive ketones (excluding diaryl/α,β-unsaturated/α-hetero) is 1. The third kappa shape index (κ3) is 5.76. The fourth-order valence-electron chi connectivity index (χ4n) is 3.62. The van der Waals surface area contributed by atoms with Crippen LogP contribution in [0.5, 0.6) is 11.5 Å². The number of aromatic hydroxyl groups is 1. The van der Waals surface area contributed by atoms with Crippen LogP contribution >= 0.6 is 0 Å². The first kappa shape index (κ1) is 25.6. The van der Waals surface area contributed by atoms with Gasteiger partial charge in [0.2, 0.25) is 0 Å². The SMILES string of the molecule is C=Cc1c(/C=C\C)nc(-c2ccc(-c3ccc(O)cc3C)cc2)c(OC)c1C(C)=O.CCO. The maximum atomic E-state index is 12.4. The molecule has 1 aromatic heterocycles. The van der Waals surface area contributed by atoms with Gasteiger partial charge in [0.05, 0.1) is 18.4 Å². The van der Waals surface area contributed by atoms with Gasteiger partial charge in [-0.2, -0.15) is 0 Å². The highest BCUT2D eigenvalue weighted by atomic mass is 16.5. The molecule has 33 heavy (non-hydrogen) atoms. The molecule has 0 saturated carbocycles. The van der Waals surface area contributed by atoms with Crippen molar-refractivity contribution in [2.45, 2.75) is 27.7 Å². The van der Waals surface area contributed by atoms with E-state index < -0.39 is 0 Å². The lowest BCUT2D eigenvalue weighted by atomic mass is 9.95. The van der Waals surface area contributed by atoms with E-state index in [1.807, 2.05) is 56.3 Å². The maximum absolute atomic E-state index is 12.4. The minimum atomic E-state index is -0.104. The molecule has 0 radical (unpaired) electrons. The molecule has 0 fully saturated rings. The molecule has 0 spiro atoms. The number of hydrogen-bond acceptors (Lipinski definition) is 5. The Morgan fingerprint density at radius 2 is 1.76 bits per heavy atom. The first-order chi connectivity index (χ1) is 15.8. The number of allylic oxidation sites excluding steroid dienone is 1. The molecule has 1 heterocycles. The number of aryl methyl sites for hydroxylation is 1. The number of pyridine rings is 1. The number of aliphatic hydroxyl groups excluding tert-OH is 1. The van der Waals surface area contributed by atoms with Gasteiger partial charge in [0, 0.05) is 17.7 Å². The quantitative estimate of drug-likeness (QED) is 0.434. The van der Waals surface area contributed by atoms with E-state index in [9.17, 15) is 9.90 Å². The predicted molar refractivity (Wildman–Crippen MR) is 136 cm³/mol. The molecule has 0 bridgehead atoms.